The number of hydrogen-bond donors (Lipinski definition) is 2. The van der Waals surface area contributed by atoms with E-state index in [1.54, 1.807) is 19.2 Å². The molecule has 2 rings (SSSR count). The van der Waals surface area contributed by atoms with Crippen molar-refractivity contribution in [1.82, 2.24) is 0 Å². The third kappa shape index (κ3) is 3.30. The van der Waals surface area contributed by atoms with Gasteiger partial charge in [0.2, 0.25) is 0 Å². The summed E-state index contributed by atoms with van der Waals surface area (Å²) in [6, 6.07) is 9.96. The lowest BCUT2D eigenvalue weighted by Gasteiger charge is -2.20. The second-order valence-electron chi connectivity index (χ2n) is 5.55. The number of nitrogens with one attached hydrogen (secondary N) is 1. The first kappa shape index (κ1) is 15.2. The third-order valence-electron chi connectivity index (χ3n) is 3.91. The number of benzene rings is 2. The molecule has 0 aliphatic rings. The molecule has 3 heteroatoms. The van der Waals surface area contributed by atoms with Crippen LogP contribution in [-0.2, 0) is 0 Å². The van der Waals surface area contributed by atoms with Crippen LogP contribution in [-0.4, -0.2) is 12.2 Å². The van der Waals surface area contributed by atoms with Crippen molar-refractivity contribution in [2.45, 2.75) is 33.7 Å². The molecule has 0 aliphatic carbocycles. The van der Waals surface area contributed by atoms with Crippen LogP contribution in [0.25, 0.3) is 0 Å². The Hall–Kier alpha value is -2.16. The van der Waals surface area contributed by atoms with E-state index in [0.29, 0.717) is 5.75 Å². The van der Waals surface area contributed by atoms with Crippen LogP contribution in [0.15, 0.2) is 30.3 Å². The van der Waals surface area contributed by atoms with E-state index in [-0.39, 0.29) is 11.8 Å². The SMILES string of the molecule is COc1ccc(NC(C)c2cc(C)c(C)cc2C)cc1O. The highest BCUT2D eigenvalue weighted by atomic mass is 16.5. The molecule has 1 unspecified atom stereocenters. The molecule has 1 atom stereocenters. The number of rotatable bonds is 4. The summed E-state index contributed by atoms with van der Waals surface area (Å²) >= 11 is 0. The molecule has 21 heavy (non-hydrogen) atoms. The highest BCUT2D eigenvalue weighted by Gasteiger charge is 2.11. The minimum absolute atomic E-state index is 0.145. The topological polar surface area (TPSA) is 41.5 Å². The highest BCUT2D eigenvalue weighted by molar-refractivity contribution is 5.55. The van der Waals surface area contributed by atoms with Crippen LogP contribution >= 0.6 is 0 Å². The van der Waals surface area contributed by atoms with Gasteiger partial charge in [0.1, 0.15) is 0 Å². The van der Waals surface area contributed by atoms with E-state index in [1.807, 2.05) is 6.07 Å². The number of aryl methyl sites for hydroxylation is 3. The molecule has 0 heterocycles. The largest absolute Gasteiger partial charge is 0.504 e. The summed E-state index contributed by atoms with van der Waals surface area (Å²) in [4.78, 5) is 0. The Labute approximate surface area is 126 Å². The fourth-order valence-corrected chi connectivity index (χ4v) is 2.56. The van der Waals surface area contributed by atoms with Crippen molar-refractivity contribution in [2.24, 2.45) is 0 Å². The maximum atomic E-state index is 9.84. The van der Waals surface area contributed by atoms with Crippen LogP contribution in [0.1, 0.15) is 35.2 Å². The zero-order valence-corrected chi connectivity index (χ0v) is 13.3. The quantitative estimate of drug-likeness (QED) is 0.869. The molecule has 0 aliphatic heterocycles. The first-order chi connectivity index (χ1) is 9.92. The average Bonchev–Trinajstić information content (AvgIpc) is 2.43. The van der Waals surface area contributed by atoms with Crippen molar-refractivity contribution in [2.75, 3.05) is 12.4 Å². The Morgan fingerprint density at radius 3 is 2.29 bits per heavy atom. The lowest BCUT2D eigenvalue weighted by atomic mass is 9.96. The molecule has 0 aromatic heterocycles. The van der Waals surface area contributed by atoms with E-state index in [9.17, 15) is 5.11 Å². The van der Waals surface area contributed by atoms with Gasteiger partial charge in [0, 0.05) is 17.8 Å². The summed E-state index contributed by atoms with van der Waals surface area (Å²) in [5.74, 6) is 0.627. The molecule has 0 bridgehead atoms. The zero-order valence-electron chi connectivity index (χ0n) is 13.3. The van der Waals surface area contributed by atoms with Gasteiger partial charge in [0.15, 0.2) is 11.5 Å². The summed E-state index contributed by atoms with van der Waals surface area (Å²) in [5, 5.41) is 13.3. The summed E-state index contributed by atoms with van der Waals surface area (Å²) < 4.78 is 5.06. The van der Waals surface area contributed by atoms with E-state index >= 15 is 0 Å². The number of ether oxygens (including phenoxy) is 1. The maximum absolute atomic E-state index is 9.84. The third-order valence-corrected chi connectivity index (χ3v) is 3.91. The zero-order chi connectivity index (χ0) is 15.6. The Morgan fingerprint density at radius 2 is 1.67 bits per heavy atom. The van der Waals surface area contributed by atoms with Gasteiger partial charge in [-0.3, -0.25) is 0 Å². The van der Waals surface area contributed by atoms with Crippen LogP contribution < -0.4 is 10.1 Å². The lowest BCUT2D eigenvalue weighted by Crippen LogP contribution is -2.09. The molecule has 112 valence electrons. The molecule has 0 spiro atoms. The van der Waals surface area contributed by atoms with Gasteiger partial charge in [-0.25, -0.2) is 0 Å². The number of phenols is 1. The van der Waals surface area contributed by atoms with Gasteiger partial charge in [-0.2, -0.15) is 0 Å². The molecular weight excluding hydrogens is 262 g/mol. The monoisotopic (exact) mass is 285 g/mol. The fraction of sp³-hybridized carbons (Fsp3) is 0.333. The van der Waals surface area contributed by atoms with Gasteiger partial charge in [-0.1, -0.05) is 12.1 Å². The molecule has 3 nitrogen and oxygen atoms in total. The first-order valence-electron chi connectivity index (χ1n) is 7.13. The van der Waals surface area contributed by atoms with E-state index in [4.69, 9.17) is 4.74 Å². The molecule has 2 aromatic carbocycles. The molecule has 0 radical (unpaired) electrons. The Bertz CT molecular complexity index is 650. The van der Waals surface area contributed by atoms with Crippen molar-refractivity contribution in [3.63, 3.8) is 0 Å². The van der Waals surface area contributed by atoms with Crippen molar-refractivity contribution in [3.05, 3.63) is 52.6 Å². The van der Waals surface area contributed by atoms with Gasteiger partial charge in [-0.05, 0) is 62.1 Å². The molecule has 2 N–H and O–H groups in total. The maximum Gasteiger partial charge on any atom is 0.160 e. The molecule has 0 saturated heterocycles. The van der Waals surface area contributed by atoms with Crippen molar-refractivity contribution in [3.8, 4) is 11.5 Å². The van der Waals surface area contributed by atoms with Gasteiger partial charge in [-0.15, -0.1) is 0 Å². The predicted octanol–water partition coefficient (Wildman–Crippen LogP) is 4.50. The number of hydrogen-bond acceptors (Lipinski definition) is 3. The summed E-state index contributed by atoms with van der Waals surface area (Å²) in [7, 11) is 1.54. The van der Waals surface area contributed by atoms with Crippen molar-refractivity contribution in [1.29, 1.82) is 0 Å². The van der Waals surface area contributed by atoms with Gasteiger partial charge < -0.3 is 15.2 Å². The Morgan fingerprint density at radius 1 is 1.00 bits per heavy atom. The summed E-state index contributed by atoms with van der Waals surface area (Å²) in [6.07, 6.45) is 0. The number of anilines is 1. The molecule has 0 saturated carbocycles. The van der Waals surface area contributed by atoms with E-state index in [2.05, 4.69) is 45.1 Å². The van der Waals surface area contributed by atoms with Gasteiger partial charge >= 0.3 is 0 Å². The first-order valence-corrected chi connectivity index (χ1v) is 7.13. The Balaban J connectivity index is 2.23. The Kier molecular flexibility index (Phi) is 4.41. The molecule has 2 aromatic rings. The fourth-order valence-electron chi connectivity index (χ4n) is 2.56. The van der Waals surface area contributed by atoms with E-state index in [0.717, 1.165) is 5.69 Å². The van der Waals surface area contributed by atoms with Crippen LogP contribution in [0.3, 0.4) is 0 Å². The summed E-state index contributed by atoms with van der Waals surface area (Å²) in [5.41, 5.74) is 6.02. The average molecular weight is 285 g/mol. The van der Waals surface area contributed by atoms with Gasteiger partial charge in [0.05, 0.1) is 7.11 Å². The van der Waals surface area contributed by atoms with Crippen LogP contribution in [0, 0.1) is 20.8 Å². The summed E-state index contributed by atoms with van der Waals surface area (Å²) in [6.45, 7) is 8.51. The second-order valence-corrected chi connectivity index (χ2v) is 5.55. The second kappa shape index (κ2) is 6.08. The number of methoxy groups -OCH3 is 1. The smallest absolute Gasteiger partial charge is 0.160 e. The van der Waals surface area contributed by atoms with Crippen LogP contribution in [0.2, 0.25) is 0 Å². The van der Waals surface area contributed by atoms with Crippen LogP contribution in [0.5, 0.6) is 11.5 Å². The minimum Gasteiger partial charge on any atom is -0.504 e. The highest BCUT2D eigenvalue weighted by Crippen LogP contribution is 2.31. The van der Waals surface area contributed by atoms with E-state index < -0.39 is 0 Å². The standard InChI is InChI=1S/C18H23NO2/c1-11-8-13(3)16(9-12(11)2)14(4)19-15-6-7-18(21-5)17(20)10-15/h6-10,14,19-20H,1-5H3. The van der Waals surface area contributed by atoms with Crippen LogP contribution in [0.4, 0.5) is 5.69 Å². The van der Waals surface area contributed by atoms with E-state index in [1.165, 1.54) is 22.3 Å². The van der Waals surface area contributed by atoms with Crippen molar-refractivity contribution >= 4 is 5.69 Å². The van der Waals surface area contributed by atoms with Crippen molar-refractivity contribution < 1.29 is 9.84 Å². The minimum atomic E-state index is 0.145. The normalized spacial score (nSPS) is 12.0. The number of phenolic OH excluding ortho intramolecular Hbond substituents is 1. The molecule has 0 amide bonds. The predicted molar refractivity (Wildman–Crippen MR) is 87.3 cm³/mol. The van der Waals surface area contributed by atoms with Gasteiger partial charge in [0.25, 0.3) is 0 Å². The lowest BCUT2D eigenvalue weighted by molar-refractivity contribution is 0.373. The molecular formula is C18H23NO2. The number of aromatic hydroxyl groups is 1. The molecule has 0 fully saturated rings.